The fraction of sp³-hybridized carbons (Fsp3) is 0.583. The molecule has 3 N–H and O–H groups in total. The maximum atomic E-state index is 11.7. The molecule has 0 fully saturated rings. The lowest BCUT2D eigenvalue weighted by molar-refractivity contribution is -0.140. The van der Waals surface area contributed by atoms with Crippen LogP contribution in [0.4, 0.5) is 4.79 Å². The summed E-state index contributed by atoms with van der Waals surface area (Å²) in [5.74, 6) is -1.15. The highest BCUT2D eigenvalue weighted by atomic mass is 16.4. The van der Waals surface area contributed by atoms with Crippen LogP contribution in [0.5, 0.6) is 0 Å². The summed E-state index contributed by atoms with van der Waals surface area (Å²) in [4.78, 5) is 22.7. The topological polar surface area (TPSA) is 96.3 Å². The predicted molar refractivity (Wildman–Crippen MR) is 69.5 cm³/mol. The van der Waals surface area contributed by atoms with Gasteiger partial charge in [0.2, 0.25) is 0 Å². The Labute approximate surface area is 112 Å². The van der Waals surface area contributed by atoms with E-state index in [2.05, 4.69) is 15.7 Å². The third-order valence-corrected chi connectivity index (χ3v) is 3.12. The molecule has 7 heteroatoms. The highest BCUT2D eigenvalue weighted by molar-refractivity contribution is 5.82. The molecule has 0 saturated carbocycles. The zero-order valence-corrected chi connectivity index (χ0v) is 11.4. The van der Waals surface area contributed by atoms with E-state index in [1.54, 1.807) is 30.9 Å². The summed E-state index contributed by atoms with van der Waals surface area (Å²) in [6, 6.07) is 0.411. The summed E-state index contributed by atoms with van der Waals surface area (Å²) in [6.07, 6.45) is 2.31. The molecule has 2 amide bonds. The molecule has 0 aliphatic rings. The molecule has 19 heavy (non-hydrogen) atoms. The van der Waals surface area contributed by atoms with Crippen LogP contribution in [0.1, 0.15) is 26.0 Å². The Morgan fingerprint density at radius 2 is 2.21 bits per heavy atom. The third kappa shape index (κ3) is 4.27. The predicted octanol–water partition coefficient (Wildman–Crippen LogP) is 0.719. The molecule has 1 aromatic heterocycles. The first-order chi connectivity index (χ1) is 8.95. The van der Waals surface area contributed by atoms with Gasteiger partial charge in [-0.1, -0.05) is 20.3 Å². The van der Waals surface area contributed by atoms with Crippen LogP contribution in [0.2, 0.25) is 0 Å². The van der Waals surface area contributed by atoms with Crippen molar-refractivity contribution < 1.29 is 14.7 Å². The molecule has 106 valence electrons. The number of amides is 2. The van der Waals surface area contributed by atoms with Crippen LogP contribution in [-0.4, -0.2) is 32.9 Å². The number of nitrogens with zero attached hydrogens (tertiary/aromatic N) is 2. The number of aliphatic carboxylic acids is 1. The van der Waals surface area contributed by atoms with Crippen LogP contribution in [0.25, 0.3) is 0 Å². The number of nitrogens with one attached hydrogen (secondary N) is 2. The Morgan fingerprint density at radius 1 is 1.53 bits per heavy atom. The molecular formula is C12H20N4O3. The number of hydrogen-bond donors (Lipinski definition) is 3. The standard InChI is InChI=1S/C12H20N4O3/c1-4-8(2)10(11(17)18)15-12(19)13-7-9-5-6-14-16(9)3/h5-6,8,10H,4,7H2,1-3H3,(H,17,18)(H2,13,15,19)/t8?,10-/m0/s1. The molecule has 1 aromatic rings. The quantitative estimate of drug-likeness (QED) is 0.708. The van der Waals surface area contributed by atoms with E-state index >= 15 is 0 Å². The van der Waals surface area contributed by atoms with Gasteiger partial charge in [0.1, 0.15) is 6.04 Å². The van der Waals surface area contributed by atoms with E-state index in [0.29, 0.717) is 13.0 Å². The molecule has 0 spiro atoms. The summed E-state index contributed by atoms with van der Waals surface area (Å²) in [7, 11) is 1.77. The summed E-state index contributed by atoms with van der Waals surface area (Å²) >= 11 is 0. The Bertz CT molecular complexity index is 444. The molecule has 0 aliphatic heterocycles. The smallest absolute Gasteiger partial charge is 0.326 e. The van der Waals surface area contributed by atoms with Gasteiger partial charge in [0, 0.05) is 13.2 Å². The summed E-state index contributed by atoms with van der Waals surface area (Å²) in [5.41, 5.74) is 0.838. The first-order valence-electron chi connectivity index (χ1n) is 6.19. The minimum Gasteiger partial charge on any atom is -0.480 e. The van der Waals surface area contributed by atoms with Gasteiger partial charge in [-0.05, 0) is 12.0 Å². The van der Waals surface area contributed by atoms with Crippen molar-refractivity contribution in [3.05, 3.63) is 18.0 Å². The second-order valence-corrected chi connectivity index (χ2v) is 4.47. The monoisotopic (exact) mass is 268 g/mol. The van der Waals surface area contributed by atoms with E-state index in [-0.39, 0.29) is 5.92 Å². The molecule has 0 radical (unpaired) electrons. The van der Waals surface area contributed by atoms with Gasteiger partial charge in [-0.2, -0.15) is 5.10 Å². The van der Waals surface area contributed by atoms with Gasteiger partial charge in [-0.25, -0.2) is 9.59 Å². The number of carboxylic acid groups (broad SMARTS) is 1. The van der Waals surface area contributed by atoms with Gasteiger partial charge >= 0.3 is 12.0 Å². The van der Waals surface area contributed by atoms with Crippen molar-refractivity contribution in [2.24, 2.45) is 13.0 Å². The lowest BCUT2D eigenvalue weighted by Crippen LogP contribution is -2.49. The average molecular weight is 268 g/mol. The van der Waals surface area contributed by atoms with Crippen molar-refractivity contribution in [1.82, 2.24) is 20.4 Å². The second-order valence-electron chi connectivity index (χ2n) is 4.47. The van der Waals surface area contributed by atoms with E-state index in [0.717, 1.165) is 5.69 Å². The first-order valence-corrected chi connectivity index (χ1v) is 6.19. The Balaban J connectivity index is 2.49. The first kappa shape index (κ1) is 15.0. The van der Waals surface area contributed by atoms with Gasteiger partial charge < -0.3 is 15.7 Å². The molecule has 2 atom stereocenters. The number of aromatic nitrogens is 2. The van der Waals surface area contributed by atoms with Crippen molar-refractivity contribution in [1.29, 1.82) is 0 Å². The number of rotatable bonds is 6. The Hall–Kier alpha value is -2.05. The number of urea groups is 1. The van der Waals surface area contributed by atoms with Crippen LogP contribution in [0, 0.1) is 5.92 Å². The Kier molecular flexibility index (Phi) is 5.35. The number of aryl methyl sites for hydroxylation is 1. The van der Waals surface area contributed by atoms with E-state index in [4.69, 9.17) is 5.11 Å². The van der Waals surface area contributed by atoms with Crippen LogP contribution in [0.15, 0.2) is 12.3 Å². The molecule has 1 rings (SSSR count). The van der Waals surface area contributed by atoms with Crippen molar-refractivity contribution in [2.45, 2.75) is 32.9 Å². The van der Waals surface area contributed by atoms with Crippen molar-refractivity contribution >= 4 is 12.0 Å². The van der Waals surface area contributed by atoms with Crippen LogP contribution < -0.4 is 10.6 Å². The molecule has 1 heterocycles. The largest absolute Gasteiger partial charge is 0.480 e. The molecule has 0 saturated heterocycles. The SMILES string of the molecule is CCC(C)[C@H](NC(=O)NCc1ccnn1C)C(=O)O. The van der Waals surface area contributed by atoms with Crippen molar-refractivity contribution in [3.63, 3.8) is 0 Å². The summed E-state index contributed by atoms with van der Waals surface area (Å²) < 4.78 is 1.64. The summed E-state index contributed by atoms with van der Waals surface area (Å²) in [5, 5.41) is 18.1. The van der Waals surface area contributed by atoms with Crippen molar-refractivity contribution in [2.75, 3.05) is 0 Å². The lowest BCUT2D eigenvalue weighted by Gasteiger charge is -2.20. The van der Waals surface area contributed by atoms with Crippen LogP contribution >= 0.6 is 0 Å². The Morgan fingerprint density at radius 3 is 2.68 bits per heavy atom. The molecule has 7 nitrogen and oxygen atoms in total. The second kappa shape index (κ2) is 6.77. The third-order valence-electron chi connectivity index (χ3n) is 3.12. The van der Waals surface area contributed by atoms with E-state index in [1.807, 2.05) is 6.92 Å². The molecular weight excluding hydrogens is 248 g/mol. The van der Waals surface area contributed by atoms with Crippen molar-refractivity contribution in [3.8, 4) is 0 Å². The maximum Gasteiger partial charge on any atom is 0.326 e. The van der Waals surface area contributed by atoms with Crippen LogP contribution in [-0.2, 0) is 18.4 Å². The number of carbonyl (C=O) groups is 2. The summed E-state index contributed by atoms with van der Waals surface area (Å²) in [6.45, 7) is 3.98. The van der Waals surface area contributed by atoms with Gasteiger partial charge in [-0.15, -0.1) is 0 Å². The molecule has 1 unspecified atom stereocenters. The minimum atomic E-state index is -1.02. The zero-order chi connectivity index (χ0) is 14.4. The average Bonchev–Trinajstić information content (AvgIpc) is 2.77. The van der Waals surface area contributed by atoms with E-state index in [9.17, 15) is 9.59 Å². The fourth-order valence-corrected chi connectivity index (χ4v) is 1.62. The number of carboxylic acids is 1. The normalized spacial score (nSPS) is 13.6. The van der Waals surface area contributed by atoms with Gasteiger partial charge in [0.15, 0.2) is 0 Å². The number of carbonyl (C=O) groups excluding carboxylic acids is 1. The zero-order valence-electron chi connectivity index (χ0n) is 11.4. The molecule has 0 aliphatic carbocycles. The molecule has 0 bridgehead atoms. The van der Waals surface area contributed by atoms with E-state index in [1.165, 1.54) is 0 Å². The fourth-order valence-electron chi connectivity index (χ4n) is 1.62. The maximum absolute atomic E-state index is 11.7. The lowest BCUT2D eigenvalue weighted by atomic mass is 9.99. The highest BCUT2D eigenvalue weighted by Gasteiger charge is 2.25. The number of hydrogen-bond acceptors (Lipinski definition) is 3. The van der Waals surface area contributed by atoms with Gasteiger partial charge in [0.25, 0.3) is 0 Å². The van der Waals surface area contributed by atoms with Gasteiger partial charge in [0.05, 0.1) is 12.2 Å². The molecule has 0 aromatic carbocycles. The highest BCUT2D eigenvalue weighted by Crippen LogP contribution is 2.07. The van der Waals surface area contributed by atoms with Gasteiger partial charge in [-0.3, -0.25) is 4.68 Å². The van der Waals surface area contributed by atoms with E-state index < -0.39 is 18.0 Å². The minimum absolute atomic E-state index is 0.125. The van der Waals surface area contributed by atoms with Crippen LogP contribution in [0.3, 0.4) is 0 Å².